The van der Waals surface area contributed by atoms with Gasteiger partial charge in [-0.15, -0.1) is 0 Å². The number of carbonyl (C=O) groups excluding carboxylic acids is 1. The van der Waals surface area contributed by atoms with Crippen molar-refractivity contribution < 1.29 is 22.3 Å². The first-order chi connectivity index (χ1) is 14.8. The number of nitrogens with zero attached hydrogens (tertiary/aromatic N) is 1. The van der Waals surface area contributed by atoms with Gasteiger partial charge in [-0.1, -0.05) is 29.8 Å². The number of carbonyl (C=O) groups is 1. The van der Waals surface area contributed by atoms with E-state index in [4.69, 9.17) is 16.3 Å². The Morgan fingerprint density at radius 3 is 2.35 bits per heavy atom. The topological polar surface area (TPSA) is 75.7 Å². The van der Waals surface area contributed by atoms with Gasteiger partial charge in [0.2, 0.25) is 0 Å². The van der Waals surface area contributed by atoms with Crippen molar-refractivity contribution in [3.05, 3.63) is 83.6 Å². The Kier molecular flexibility index (Phi) is 7.14. The van der Waals surface area contributed by atoms with E-state index in [1.807, 2.05) is 0 Å². The van der Waals surface area contributed by atoms with E-state index in [2.05, 4.69) is 5.32 Å². The highest BCUT2D eigenvalue weighted by molar-refractivity contribution is 7.92. The van der Waals surface area contributed by atoms with Crippen molar-refractivity contribution in [2.24, 2.45) is 0 Å². The Morgan fingerprint density at radius 2 is 1.74 bits per heavy atom. The molecule has 1 amide bonds. The number of hydrogen-bond acceptors (Lipinski definition) is 4. The number of halogens is 2. The zero-order valence-electron chi connectivity index (χ0n) is 16.6. The van der Waals surface area contributed by atoms with Crippen LogP contribution >= 0.6 is 11.6 Å². The van der Waals surface area contributed by atoms with Crippen LogP contribution in [0.4, 0.5) is 15.8 Å². The van der Waals surface area contributed by atoms with Gasteiger partial charge in [-0.05, 0) is 61.5 Å². The van der Waals surface area contributed by atoms with Crippen LogP contribution in [0, 0.1) is 5.82 Å². The van der Waals surface area contributed by atoms with E-state index in [9.17, 15) is 17.6 Å². The van der Waals surface area contributed by atoms with E-state index >= 15 is 0 Å². The summed E-state index contributed by atoms with van der Waals surface area (Å²) < 4.78 is 45.7. The normalized spacial score (nSPS) is 11.1. The number of hydrogen-bond donors (Lipinski definition) is 1. The Labute approximate surface area is 185 Å². The molecule has 162 valence electrons. The van der Waals surface area contributed by atoms with Crippen molar-refractivity contribution in [3.8, 4) is 5.75 Å². The summed E-state index contributed by atoms with van der Waals surface area (Å²) in [6.45, 7) is 1.71. The molecule has 0 fully saturated rings. The van der Waals surface area contributed by atoms with E-state index in [1.54, 1.807) is 61.5 Å². The average molecular weight is 463 g/mol. The second-order valence-electron chi connectivity index (χ2n) is 6.44. The quantitative estimate of drug-likeness (QED) is 0.526. The van der Waals surface area contributed by atoms with Gasteiger partial charge < -0.3 is 10.1 Å². The molecule has 0 bridgehead atoms. The number of rotatable bonds is 8. The highest BCUT2D eigenvalue weighted by Gasteiger charge is 2.23. The molecule has 0 atom stereocenters. The van der Waals surface area contributed by atoms with E-state index in [0.717, 1.165) is 6.07 Å². The van der Waals surface area contributed by atoms with Crippen LogP contribution in [-0.2, 0) is 14.8 Å². The molecule has 6 nitrogen and oxygen atoms in total. The fourth-order valence-electron chi connectivity index (χ4n) is 2.84. The molecule has 0 aromatic heterocycles. The van der Waals surface area contributed by atoms with Crippen molar-refractivity contribution in [2.75, 3.05) is 22.8 Å². The molecule has 0 aliphatic carbocycles. The molecule has 0 spiro atoms. The molecule has 1 N–H and O–H groups in total. The monoisotopic (exact) mass is 462 g/mol. The van der Waals surface area contributed by atoms with Crippen LogP contribution in [-0.4, -0.2) is 27.5 Å². The van der Waals surface area contributed by atoms with Crippen molar-refractivity contribution in [1.29, 1.82) is 0 Å². The zero-order valence-corrected chi connectivity index (χ0v) is 18.2. The fraction of sp³-hybridized carbons (Fsp3) is 0.136. The minimum atomic E-state index is -3.69. The summed E-state index contributed by atoms with van der Waals surface area (Å²) in [5, 5.41) is 2.46. The van der Waals surface area contributed by atoms with E-state index in [0.29, 0.717) is 17.1 Å². The Morgan fingerprint density at radius 1 is 1.06 bits per heavy atom. The largest absolute Gasteiger partial charge is 0.484 e. The van der Waals surface area contributed by atoms with Gasteiger partial charge in [-0.25, -0.2) is 12.8 Å². The van der Waals surface area contributed by atoms with Gasteiger partial charge in [-0.3, -0.25) is 9.10 Å². The first kappa shape index (κ1) is 22.6. The molecule has 3 aromatic carbocycles. The third kappa shape index (κ3) is 5.53. The second-order valence-corrected chi connectivity index (χ2v) is 8.71. The third-order valence-electron chi connectivity index (χ3n) is 4.32. The lowest BCUT2D eigenvalue weighted by Gasteiger charge is -2.23. The Hall–Kier alpha value is -3.10. The number of sulfonamides is 1. The summed E-state index contributed by atoms with van der Waals surface area (Å²) in [7, 11) is -3.69. The highest BCUT2D eigenvalue weighted by Crippen LogP contribution is 2.25. The summed E-state index contributed by atoms with van der Waals surface area (Å²) in [5.74, 6) is -0.635. The van der Waals surface area contributed by atoms with E-state index < -0.39 is 21.7 Å². The standard InChI is InChI=1S/C22H20ClFN2O4S/c1-2-26(31(28,29)19-6-4-3-5-7-19)17-9-11-18(12-10-17)30-15-22(27)25-16-8-13-21(24)20(23)14-16/h3-14H,2,15H2,1H3,(H,25,27). The molecule has 9 heteroatoms. The number of ether oxygens (including phenoxy) is 1. The van der Waals surface area contributed by atoms with Crippen LogP contribution in [0.1, 0.15) is 6.92 Å². The van der Waals surface area contributed by atoms with Crippen molar-refractivity contribution >= 4 is 38.9 Å². The molecule has 3 aromatic rings. The molecule has 0 aliphatic heterocycles. The van der Waals surface area contributed by atoms with Gasteiger partial charge in [0.1, 0.15) is 11.6 Å². The SMILES string of the molecule is CCN(c1ccc(OCC(=O)Nc2ccc(F)c(Cl)c2)cc1)S(=O)(=O)c1ccccc1. The third-order valence-corrected chi connectivity index (χ3v) is 6.52. The van der Waals surface area contributed by atoms with Crippen LogP contribution in [0.5, 0.6) is 5.75 Å². The molecule has 0 heterocycles. The van der Waals surface area contributed by atoms with Crippen molar-refractivity contribution in [2.45, 2.75) is 11.8 Å². The fourth-order valence-corrected chi connectivity index (χ4v) is 4.51. The van der Waals surface area contributed by atoms with Crippen LogP contribution in [0.15, 0.2) is 77.7 Å². The molecule has 0 radical (unpaired) electrons. The Balaban J connectivity index is 1.64. The van der Waals surface area contributed by atoms with Gasteiger partial charge in [0.15, 0.2) is 6.61 Å². The summed E-state index contributed by atoms with van der Waals surface area (Å²) >= 11 is 5.69. The predicted molar refractivity (Wildman–Crippen MR) is 119 cm³/mol. The number of amides is 1. The summed E-state index contributed by atoms with van der Waals surface area (Å²) in [4.78, 5) is 12.2. The summed E-state index contributed by atoms with van der Waals surface area (Å²) in [6.07, 6.45) is 0. The molecule has 31 heavy (non-hydrogen) atoms. The lowest BCUT2D eigenvalue weighted by atomic mass is 10.3. The molecule has 3 rings (SSSR count). The minimum Gasteiger partial charge on any atom is -0.484 e. The molecular formula is C22H20ClFN2O4S. The number of anilines is 2. The van der Waals surface area contributed by atoms with E-state index in [-0.39, 0.29) is 23.1 Å². The maximum Gasteiger partial charge on any atom is 0.264 e. The Bertz CT molecular complexity index is 1160. The first-order valence-electron chi connectivity index (χ1n) is 9.37. The minimum absolute atomic E-state index is 0.0970. The van der Waals surface area contributed by atoms with Gasteiger partial charge in [0.05, 0.1) is 15.6 Å². The lowest BCUT2D eigenvalue weighted by Crippen LogP contribution is -2.30. The molecule has 0 saturated carbocycles. The number of benzene rings is 3. The highest BCUT2D eigenvalue weighted by atomic mass is 35.5. The van der Waals surface area contributed by atoms with Gasteiger partial charge in [0, 0.05) is 12.2 Å². The van der Waals surface area contributed by atoms with Gasteiger partial charge >= 0.3 is 0 Å². The van der Waals surface area contributed by atoms with Gasteiger partial charge in [0.25, 0.3) is 15.9 Å². The smallest absolute Gasteiger partial charge is 0.264 e. The van der Waals surface area contributed by atoms with Crippen LogP contribution in [0.25, 0.3) is 0 Å². The second kappa shape index (κ2) is 9.80. The van der Waals surface area contributed by atoms with Crippen LogP contribution in [0.3, 0.4) is 0 Å². The number of nitrogens with one attached hydrogen (secondary N) is 1. The predicted octanol–water partition coefficient (Wildman–Crippen LogP) is 4.71. The van der Waals surface area contributed by atoms with Crippen LogP contribution in [0.2, 0.25) is 5.02 Å². The first-order valence-corrected chi connectivity index (χ1v) is 11.2. The van der Waals surface area contributed by atoms with Gasteiger partial charge in [-0.2, -0.15) is 0 Å². The molecular weight excluding hydrogens is 443 g/mol. The molecule has 0 saturated heterocycles. The summed E-state index contributed by atoms with van der Waals surface area (Å²) in [6, 6.07) is 18.4. The van der Waals surface area contributed by atoms with Crippen LogP contribution < -0.4 is 14.4 Å². The molecule has 0 unspecified atom stereocenters. The average Bonchev–Trinajstić information content (AvgIpc) is 2.77. The van der Waals surface area contributed by atoms with E-state index in [1.165, 1.54) is 16.4 Å². The maximum absolute atomic E-state index is 13.2. The lowest BCUT2D eigenvalue weighted by molar-refractivity contribution is -0.118. The van der Waals surface area contributed by atoms with Crippen molar-refractivity contribution in [1.82, 2.24) is 0 Å². The zero-order chi connectivity index (χ0) is 22.4. The van der Waals surface area contributed by atoms with Crippen molar-refractivity contribution in [3.63, 3.8) is 0 Å². The maximum atomic E-state index is 13.2. The molecule has 0 aliphatic rings. The summed E-state index contributed by atoms with van der Waals surface area (Å²) in [5.41, 5.74) is 0.823.